The molecule has 3 aromatic rings. The molecule has 1 saturated carbocycles. The van der Waals surface area contributed by atoms with E-state index in [-0.39, 0.29) is 0 Å². The van der Waals surface area contributed by atoms with E-state index < -0.39 is 0 Å². The lowest BCUT2D eigenvalue weighted by atomic mass is 10.1. The Labute approximate surface area is 168 Å². The van der Waals surface area contributed by atoms with E-state index in [0.717, 1.165) is 67.3 Å². The molecule has 5 rings (SSSR count). The minimum absolute atomic E-state index is 0.333. The number of nitrogens with one attached hydrogen (secondary N) is 2. The number of aromatic nitrogens is 4. The Balaban J connectivity index is 1.52. The van der Waals surface area contributed by atoms with E-state index in [1.807, 2.05) is 22.7 Å². The summed E-state index contributed by atoms with van der Waals surface area (Å²) in [5.41, 5.74) is 3.39. The quantitative estimate of drug-likeness (QED) is 0.685. The number of pyridine rings is 1. The maximum absolute atomic E-state index is 6.41. The predicted octanol–water partition coefficient (Wildman–Crippen LogP) is 3.49. The van der Waals surface area contributed by atoms with Crippen LogP contribution in [0.25, 0.3) is 17.0 Å². The second-order valence-electron chi connectivity index (χ2n) is 7.50. The summed E-state index contributed by atoms with van der Waals surface area (Å²) in [6, 6.07) is 6.08. The van der Waals surface area contributed by atoms with E-state index in [9.17, 15) is 0 Å². The van der Waals surface area contributed by atoms with Crippen LogP contribution < -0.4 is 15.4 Å². The Hall–Kier alpha value is -2.38. The van der Waals surface area contributed by atoms with Gasteiger partial charge in [-0.2, -0.15) is 5.10 Å². The van der Waals surface area contributed by atoms with E-state index in [1.54, 1.807) is 13.3 Å². The van der Waals surface area contributed by atoms with Gasteiger partial charge in [-0.15, -0.1) is 0 Å². The first-order valence-corrected chi connectivity index (χ1v) is 10.2. The monoisotopic (exact) mass is 398 g/mol. The van der Waals surface area contributed by atoms with Gasteiger partial charge in [0.1, 0.15) is 23.0 Å². The normalized spacial score (nSPS) is 19.7. The van der Waals surface area contributed by atoms with Crippen molar-refractivity contribution in [2.24, 2.45) is 0 Å². The molecule has 2 N–H and O–H groups in total. The van der Waals surface area contributed by atoms with Crippen molar-refractivity contribution in [1.82, 2.24) is 24.9 Å². The Morgan fingerprint density at radius 1 is 1.29 bits per heavy atom. The lowest BCUT2D eigenvalue weighted by molar-refractivity contribution is 0.405. The zero-order valence-electron chi connectivity index (χ0n) is 15.8. The summed E-state index contributed by atoms with van der Waals surface area (Å²) in [5.74, 6) is 1.99. The zero-order chi connectivity index (χ0) is 19.1. The van der Waals surface area contributed by atoms with Crippen LogP contribution in [0, 0.1) is 0 Å². The molecule has 1 aliphatic heterocycles. The van der Waals surface area contributed by atoms with Crippen LogP contribution in [-0.4, -0.2) is 45.8 Å². The first-order chi connectivity index (χ1) is 13.7. The first kappa shape index (κ1) is 17.7. The number of nitrogens with zero attached hydrogens (tertiary/aromatic N) is 4. The summed E-state index contributed by atoms with van der Waals surface area (Å²) in [7, 11) is 1.68. The Kier molecular flexibility index (Phi) is 4.56. The number of imidazole rings is 1. The summed E-state index contributed by atoms with van der Waals surface area (Å²) < 4.78 is 7.38. The first-order valence-electron chi connectivity index (χ1n) is 9.80. The number of halogens is 1. The van der Waals surface area contributed by atoms with Gasteiger partial charge in [-0.05, 0) is 44.4 Å². The maximum atomic E-state index is 6.41. The van der Waals surface area contributed by atoms with Gasteiger partial charge in [-0.25, -0.2) is 14.5 Å². The highest BCUT2D eigenvalue weighted by molar-refractivity contribution is 6.33. The minimum Gasteiger partial charge on any atom is -0.495 e. The minimum atomic E-state index is 0.333. The molecule has 0 aromatic carbocycles. The molecule has 1 atom stereocenters. The molecule has 2 fully saturated rings. The maximum Gasteiger partial charge on any atom is 0.157 e. The van der Waals surface area contributed by atoms with Gasteiger partial charge < -0.3 is 15.4 Å². The predicted molar refractivity (Wildman–Crippen MR) is 109 cm³/mol. The van der Waals surface area contributed by atoms with Crippen LogP contribution in [0.15, 0.2) is 24.4 Å². The Morgan fingerprint density at radius 3 is 2.93 bits per heavy atom. The van der Waals surface area contributed by atoms with Crippen LogP contribution in [-0.2, 0) is 0 Å². The largest absolute Gasteiger partial charge is 0.495 e. The van der Waals surface area contributed by atoms with Crippen LogP contribution >= 0.6 is 11.6 Å². The van der Waals surface area contributed by atoms with Crippen LogP contribution in [0.4, 0.5) is 5.82 Å². The molecule has 28 heavy (non-hydrogen) atoms. The number of fused-ring (bicyclic) bond motifs is 1. The van der Waals surface area contributed by atoms with Gasteiger partial charge in [0.15, 0.2) is 5.65 Å². The van der Waals surface area contributed by atoms with Crippen LogP contribution in [0.2, 0.25) is 5.02 Å². The SMILES string of the molecule is COc1cc2ncc(-c3ccc(Cl)c(NC4CCCNC4)n3)n2nc1C1CC1. The molecule has 0 radical (unpaired) electrons. The topological polar surface area (TPSA) is 76.4 Å². The van der Waals surface area contributed by atoms with Gasteiger partial charge in [0.05, 0.1) is 24.0 Å². The molecule has 0 amide bonds. The number of rotatable bonds is 5. The van der Waals surface area contributed by atoms with Crippen molar-refractivity contribution in [1.29, 1.82) is 0 Å². The summed E-state index contributed by atoms with van der Waals surface area (Å²) in [6.07, 6.45) is 6.37. The highest BCUT2D eigenvalue weighted by Gasteiger charge is 2.30. The highest BCUT2D eigenvalue weighted by Crippen LogP contribution is 2.43. The molecular formula is C20H23ClN6O. The van der Waals surface area contributed by atoms with Gasteiger partial charge in [-0.1, -0.05) is 11.6 Å². The highest BCUT2D eigenvalue weighted by atomic mass is 35.5. The molecule has 8 heteroatoms. The smallest absolute Gasteiger partial charge is 0.157 e. The number of ether oxygens (including phenoxy) is 1. The van der Waals surface area contributed by atoms with Gasteiger partial charge in [-0.3, -0.25) is 0 Å². The van der Waals surface area contributed by atoms with Crippen LogP contribution in [0.5, 0.6) is 5.75 Å². The number of hydrogen-bond donors (Lipinski definition) is 2. The van der Waals surface area contributed by atoms with Gasteiger partial charge in [0, 0.05) is 24.6 Å². The third-order valence-corrected chi connectivity index (χ3v) is 5.72. The number of piperidine rings is 1. The lowest BCUT2D eigenvalue weighted by Crippen LogP contribution is -2.38. The van der Waals surface area contributed by atoms with Crippen LogP contribution in [0.1, 0.15) is 37.3 Å². The summed E-state index contributed by atoms with van der Waals surface area (Å²) >= 11 is 6.41. The zero-order valence-corrected chi connectivity index (χ0v) is 16.5. The Bertz CT molecular complexity index is 1010. The molecule has 1 saturated heterocycles. The van der Waals surface area contributed by atoms with Crippen molar-refractivity contribution in [3.8, 4) is 17.1 Å². The number of hydrogen-bond acceptors (Lipinski definition) is 6. The molecule has 4 heterocycles. The van der Waals surface area contributed by atoms with E-state index in [1.165, 1.54) is 0 Å². The van der Waals surface area contributed by atoms with Crippen molar-refractivity contribution in [2.45, 2.75) is 37.6 Å². The molecule has 1 aliphatic carbocycles. The molecule has 7 nitrogen and oxygen atoms in total. The Morgan fingerprint density at radius 2 is 2.18 bits per heavy atom. The summed E-state index contributed by atoms with van der Waals surface area (Å²) in [5, 5.41) is 12.3. The summed E-state index contributed by atoms with van der Waals surface area (Å²) in [4.78, 5) is 9.30. The second-order valence-corrected chi connectivity index (χ2v) is 7.91. The van der Waals surface area contributed by atoms with Crippen molar-refractivity contribution >= 4 is 23.1 Å². The average Bonchev–Trinajstić information content (AvgIpc) is 3.49. The van der Waals surface area contributed by atoms with E-state index >= 15 is 0 Å². The summed E-state index contributed by atoms with van der Waals surface area (Å²) in [6.45, 7) is 1.99. The van der Waals surface area contributed by atoms with Crippen molar-refractivity contribution in [2.75, 3.05) is 25.5 Å². The van der Waals surface area contributed by atoms with E-state index in [2.05, 4.69) is 15.6 Å². The van der Waals surface area contributed by atoms with Crippen LogP contribution in [0.3, 0.4) is 0 Å². The molecule has 2 aliphatic rings. The number of methoxy groups -OCH3 is 1. The fourth-order valence-corrected chi connectivity index (χ4v) is 3.90. The van der Waals surface area contributed by atoms with Crippen molar-refractivity contribution in [3.05, 3.63) is 35.1 Å². The van der Waals surface area contributed by atoms with E-state index in [0.29, 0.717) is 22.8 Å². The van der Waals surface area contributed by atoms with Crippen molar-refractivity contribution in [3.63, 3.8) is 0 Å². The molecule has 1 unspecified atom stereocenters. The lowest BCUT2D eigenvalue weighted by Gasteiger charge is -2.24. The molecule has 3 aromatic heterocycles. The molecule has 146 valence electrons. The molecule has 0 bridgehead atoms. The number of anilines is 1. The standard InChI is InChI=1S/C20H23ClN6O/c1-28-17-9-18-23-11-16(27(18)26-19(17)12-4-5-12)15-7-6-14(21)20(25-15)24-13-3-2-8-22-10-13/h6-7,9,11-13,22H,2-5,8,10H2,1H3,(H,24,25). The average molecular weight is 399 g/mol. The van der Waals surface area contributed by atoms with Gasteiger partial charge in [0.25, 0.3) is 0 Å². The fraction of sp³-hybridized carbons (Fsp3) is 0.450. The third kappa shape index (κ3) is 3.29. The van der Waals surface area contributed by atoms with Gasteiger partial charge >= 0.3 is 0 Å². The van der Waals surface area contributed by atoms with Crippen molar-refractivity contribution < 1.29 is 4.74 Å². The third-order valence-electron chi connectivity index (χ3n) is 5.41. The fourth-order valence-electron chi connectivity index (χ4n) is 3.74. The molecule has 0 spiro atoms. The molecular weight excluding hydrogens is 376 g/mol. The van der Waals surface area contributed by atoms with E-state index in [4.69, 9.17) is 26.4 Å². The second kappa shape index (κ2) is 7.22. The van der Waals surface area contributed by atoms with Gasteiger partial charge in [0.2, 0.25) is 0 Å².